The molecular formula is C11H16BrN3O. The highest BCUT2D eigenvalue weighted by atomic mass is 79.9. The van der Waals surface area contributed by atoms with Gasteiger partial charge in [0.15, 0.2) is 0 Å². The van der Waals surface area contributed by atoms with Gasteiger partial charge in [-0.1, -0.05) is 6.42 Å². The van der Waals surface area contributed by atoms with Crippen LogP contribution < -0.4 is 11.1 Å². The molecule has 0 radical (unpaired) electrons. The molecule has 0 aromatic carbocycles. The van der Waals surface area contributed by atoms with Crippen LogP contribution in [0.25, 0.3) is 0 Å². The fourth-order valence-electron chi connectivity index (χ4n) is 2.23. The molecule has 0 spiro atoms. The van der Waals surface area contributed by atoms with Crippen LogP contribution in [0.15, 0.2) is 16.9 Å². The normalized spacial score (nSPS) is 24.6. The van der Waals surface area contributed by atoms with Gasteiger partial charge in [-0.25, -0.2) is 0 Å². The van der Waals surface area contributed by atoms with Crippen molar-refractivity contribution in [3.05, 3.63) is 16.9 Å². The quantitative estimate of drug-likeness (QED) is 0.794. The Morgan fingerprint density at radius 3 is 3.00 bits per heavy atom. The summed E-state index contributed by atoms with van der Waals surface area (Å²) in [6.45, 7) is 0.236. The average Bonchev–Trinajstić information content (AvgIpc) is 2.71. The lowest BCUT2D eigenvalue weighted by Gasteiger charge is -2.21. The zero-order chi connectivity index (χ0) is 11.5. The van der Waals surface area contributed by atoms with Crippen LogP contribution in [0.3, 0.4) is 0 Å². The molecule has 0 bridgehead atoms. The molecule has 2 unspecified atom stereocenters. The van der Waals surface area contributed by atoms with Gasteiger partial charge in [-0.15, -0.1) is 0 Å². The van der Waals surface area contributed by atoms with E-state index in [1.165, 1.54) is 0 Å². The van der Waals surface area contributed by atoms with E-state index in [-0.39, 0.29) is 6.61 Å². The molecule has 1 aliphatic rings. The van der Waals surface area contributed by atoms with Crippen LogP contribution in [0.4, 0.5) is 11.4 Å². The number of aliphatic hydroxyl groups excluding tert-OH is 1. The van der Waals surface area contributed by atoms with E-state index in [4.69, 9.17) is 5.73 Å². The first-order chi connectivity index (χ1) is 7.72. The van der Waals surface area contributed by atoms with Crippen molar-refractivity contribution in [2.45, 2.75) is 25.3 Å². The molecule has 2 atom stereocenters. The second kappa shape index (κ2) is 5.01. The molecule has 1 fully saturated rings. The fourth-order valence-corrected chi connectivity index (χ4v) is 2.69. The monoisotopic (exact) mass is 285 g/mol. The Hall–Kier alpha value is -0.810. The maximum absolute atomic E-state index is 9.26. The topological polar surface area (TPSA) is 71.2 Å². The minimum atomic E-state index is 0.236. The van der Waals surface area contributed by atoms with Crippen LogP contribution in [-0.2, 0) is 0 Å². The summed E-state index contributed by atoms with van der Waals surface area (Å²) in [6.07, 6.45) is 6.68. The van der Waals surface area contributed by atoms with Gasteiger partial charge in [0.05, 0.1) is 22.0 Å². The third kappa shape index (κ3) is 2.30. The highest BCUT2D eigenvalue weighted by Gasteiger charge is 2.27. The summed E-state index contributed by atoms with van der Waals surface area (Å²) in [5.74, 6) is 0.333. The summed E-state index contributed by atoms with van der Waals surface area (Å²) in [5.41, 5.74) is 7.40. The van der Waals surface area contributed by atoms with Crippen LogP contribution in [0.1, 0.15) is 19.3 Å². The van der Waals surface area contributed by atoms with Gasteiger partial charge in [-0.3, -0.25) is 4.98 Å². The van der Waals surface area contributed by atoms with Gasteiger partial charge in [0.25, 0.3) is 0 Å². The average molecular weight is 286 g/mol. The molecule has 4 N–H and O–H groups in total. The molecule has 1 aromatic rings. The van der Waals surface area contributed by atoms with Gasteiger partial charge in [0.2, 0.25) is 0 Å². The molecule has 5 heteroatoms. The van der Waals surface area contributed by atoms with Crippen molar-refractivity contribution in [2.75, 3.05) is 17.7 Å². The van der Waals surface area contributed by atoms with Crippen LogP contribution in [0.2, 0.25) is 0 Å². The van der Waals surface area contributed by atoms with E-state index in [0.717, 1.165) is 29.4 Å². The molecule has 1 aliphatic carbocycles. The first kappa shape index (κ1) is 11.7. The number of anilines is 2. The number of nitrogens with zero attached hydrogens (tertiary/aromatic N) is 1. The number of aromatic nitrogens is 1. The molecule has 4 nitrogen and oxygen atoms in total. The van der Waals surface area contributed by atoms with Crippen LogP contribution >= 0.6 is 15.9 Å². The molecule has 0 aliphatic heterocycles. The molecule has 1 saturated carbocycles. The number of hydrogen-bond acceptors (Lipinski definition) is 4. The van der Waals surface area contributed by atoms with Gasteiger partial charge in [-0.05, 0) is 28.8 Å². The minimum Gasteiger partial charge on any atom is -0.396 e. The lowest BCUT2D eigenvalue weighted by molar-refractivity contribution is 0.222. The van der Waals surface area contributed by atoms with Crippen molar-refractivity contribution in [1.29, 1.82) is 0 Å². The predicted octanol–water partition coefficient (Wildman–Crippen LogP) is 2.00. The van der Waals surface area contributed by atoms with Crippen molar-refractivity contribution in [3.63, 3.8) is 0 Å². The number of aliphatic hydroxyl groups is 1. The molecular weight excluding hydrogens is 270 g/mol. The summed E-state index contributed by atoms with van der Waals surface area (Å²) >= 11 is 3.43. The maximum Gasteiger partial charge on any atom is 0.0752 e. The van der Waals surface area contributed by atoms with Crippen molar-refractivity contribution in [3.8, 4) is 0 Å². The number of nitrogen functional groups attached to an aromatic ring is 1. The zero-order valence-electron chi connectivity index (χ0n) is 8.99. The molecule has 2 rings (SSSR count). The van der Waals surface area contributed by atoms with Crippen LogP contribution in [-0.4, -0.2) is 22.7 Å². The van der Waals surface area contributed by atoms with Gasteiger partial charge in [0, 0.05) is 24.8 Å². The van der Waals surface area contributed by atoms with Gasteiger partial charge < -0.3 is 16.2 Å². The second-order valence-electron chi connectivity index (χ2n) is 4.21. The zero-order valence-corrected chi connectivity index (χ0v) is 10.6. The summed E-state index contributed by atoms with van der Waals surface area (Å²) in [5, 5.41) is 12.7. The summed E-state index contributed by atoms with van der Waals surface area (Å²) in [4.78, 5) is 4.00. The molecule has 1 aromatic heterocycles. The Morgan fingerprint density at radius 2 is 2.31 bits per heavy atom. The summed E-state index contributed by atoms with van der Waals surface area (Å²) in [7, 11) is 0. The summed E-state index contributed by atoms with van der Waals surface area (Å²) in [6, 6.07) is 0.311. The molecule has 0 amide bonds. The van der Waals surface area contributed by atoms with E-state index in [1.54, 1.807) is 12.4 Å². The third-order valence-electron chi connectivity index (χ3n) is 3.15. The Kier molecular flexibility index (Phi) is 3.66. The number of pyridine rings is 1. The first-order valence-electron chi connectivity index (χ1n) is 5.48. The van der Waals surface area contributed by atoms with E-state index in [9.17, 15) is 5.11 Å². The highest BCUT2D eigenvalue weighted by molar-refractivity contribution is 9.10. The third-order valence-corrected chi connectivity index (χ3v) is 3.75. The van der Waals surface area contributed by atoms with Crippen LogP contribution in [0, 0.1) is 5.92 Å². The molecule has 1 heterocycles. The van der Waals surface area contributed by atoms with Gasteiger partial charge in [-0.2, -0.15) is 0 Å². The number of nitrogens with two attached hydrogens (primary N) is 1. The number of hydrogen-bond donors (Lipinski definition) is 3. The van der Waals surface area contributed by atoms with Crippen LogP contribution in [0.5, 0.6) is 0 Å². The fraction of sp³-hybridized carbons (Fsp3) is 0.545. The maximum atomic E-state index is 9.26. The van der Waals surface area contributed by atoms with Crippen molar-refractivity contribution in [2.24, 2.45) is 5.92 Å². The lowest BCUT2D eigenvalue weighted by atomic mass is 10.0. The Bertz CT molecular complexity index is 352. The number of halogens is 1. The molecule has 0 saturated heterocycles. The Morgan fingerprint density at radius 1 is 1.50 bits per heavy atom. The number of nitrogens with one attached hydrogen (secondary N) is 1. The highest BCUT2D eigenvalue weighted by Crippen LogP contribution is 2.33. The SMILES string of the molecule is Nc1cncc(Br)c1NC1CCCC1CO. The van der Waals surface area contributed by atoms with E-state index in [2.05, 4.69) is 26.2 Å². The van der Waals surface area contributed by atoms with Gasteiger partial charge in [0.1, 0.15) is 0 Å². The van der Waals surface area contributed by atoms with Crippen molar-refractivity contribution < 1.29 is 5.11 Å². The van der Waals surface area contributed by atoms with E-state index >= 15 is 0 Å². The van der Waals surface area contributed by atoms with E-state index in [1.807, 2.05) is 0 Å². The lowest BCUT2D eigenvalue weighted by Crippen LogP contribution is -2.27. The smallest absolute Gasteiger partial charge is 0.0752 e. The Labute approximate surface area is 103 Å². The van der Waals surface area contributed by atoms with Crippen molar-refractivity contribution >= 4 is 27.3 Å². The van der Waals surface area contributed by atoms with Gasteiger partial charge >= 0.3 is 0 Å². The number of rotatable bonds is 3. The first-order valence-corrected chi connectivity index (χ1v) is 6.28. The van der Waals surface area contributed by atoms with E-state index < -0.39 is 0 Å². The second-order valence-corrected chi connectivity index (χ2v) is 5.06. The van der Waals surface area contributed by atoms with E-state index in [0.29, 0.717) is 17.6 Å². The largest absolute Gasteiger partial charge is 0.396 e. The summed E-state index contributed by atoms with van der Waals surface area (Å²) < 4.78 is 0.871. The minimum absolute atomic E-state index is 0.236. The Balaban J connectivity index is 2.14. The van der Waals surface area contributed by atoms with Crippen molar-refractivity contribution in [1.82, 2.24) is 4.98 Å². The molecule has 16 heavy (non-hydrogen) atoms. The molecule has 88 valence electrons. The predicted molar refractivity (Wildman–Crippen MR) is 68.2 cm³/mol. The standard InChI is InChI=1S/C11H16BrN3O/c12-8-4-14-5-9(13)11(8)15-10-3-1-2-7(10)6-16/h4-5,7,10,16H,1-3,6,13H2,(H,14,15).